The van der Waals surface area contributed by atoms with Crippen molar-refractivity contribution in [3.63, 3.8) is 0 Å². The molecule has 0 aliphatic carbocycles. The lowest BCUT2D eigenvalue weighted by molar-refractivity contribution is -0.137. The quantitative estimate of drug-likeness (QED) is 0.658. The monoisotopic (exact) mass is 253 g/mol. The van der Waals surface area contributed by atoms with Gasteiger partial charge in [-0.3, -0.25) is 9.48 Å². The Balaban J connectivity index is 2.07. The number of nitrogens with zero attached hydrogens (tertiary/aromatic N) is 2. The van der Waals surface area contributed by atoms with E-state index in [1.807, 2.05) is 16.9 Å². The minimum Gasteiger partial charge on any atom is -0.481 e. The van der Waals surface area contributed by atoms with Crippen molar-refractivity contribution in [3.8, 4) is 0 Å². The summed E-state index contributed by atoms with van der Waals surface area (Å²) in [6.07, 6.45) is 5.68. The van der Waals surface area contributed by atoms with Crippen LogP contribution in [-0.2, 0) is 11.3 Å². The molecule has 0 saturated heterocycles. The predicted octanol–water partition coefficient (Wildman–Crippen LogP) is 1.75. The van der Waals surface area contributed by atoms with Gasteiger partial charge in [-0.1, -0.05) is 13.8 Å². The molecule has 0 saturated carbocycles. The van der Waals surface area contributed by atoms with E-state index in [2.05, 4.69) is 24.3 Å². The van der Waals surface area contributed by atoms with E-state index >= 15 is 0 Å². The molecule has 1 aromatic rings. The summed E-state index contributed by atoms with van der Waals surface area (Å²) in [5.41, 5.74) is 0.0804. The van der Waals surface area contributed by atoms with E-state index in [9.17, 15) is 4.79 Å². The third-order valence-electron chi connectivity index (χ3n) is 3.07. The van der Waals surface area contributed by atoms with E-state index in [1.54, 1.807) is 6.20 Å². The number of rotatable bonds is 9. The molecular weight excluding hydrogens is 230 g/mol. The zero-order valence-corrected chi connectivity index (χ0v) is 11.2. The molecule has 2 N–H and O–H groups in total. The highest BCUT2D eigenvalue weighted by atomic mass is 16.4. The average molecular weight is 253 g/mol. The highest BCUT2D eigenvalue weighted by Gasteiger charge is 2.18. The van der Waals surface area contributed by atoms with Gasteiger partial charge in [-0.25, -0.2) is 0 Å². The van der Waals surface area contributed by atoms with Gasteiger partial charge in [0.05, 0.1) is 6.54 Å². The number of hydrogen-bond donors (Lipinski definition) is 2. The lowest BCUT2D eigenvalue weighted by Crippen LogP contribution is -2.26. The molecule has 1 aromatic heterocycles. The summed E-state index contributed by atoms with van der Waals surface area (Å²) >= 11 is 0. The first-order valence-corrected chi connectivity index (χ1v) is 6.39. The summed E-state index contributed by atoms with van der Waals surface area (Å²) in [4.78, 5) is 10.5. The van der Waals surface area contributed by atoms with Gasteiger partial charge in [0, 0.05) is 25.4 Å². The van der Waals surface area contributed by atoms with Crippen molar-refractivity contribution in [1.82, 2.24) is 15.1 Å². The predicted molar refractivity (Wildman–Crippen MR) is 70.4 cm³/mol. The summed E-state index contributed by atoms with van der Waals surface area (Å²) in [7, 11) is 0. The zero-order valence-electron chi connectivity index (χ0n) is 11.2. The van der Waals surface area contributed by atoms with Crippen LogP contribution < -0.4 is 5.32 Å². The molecule has 0 bridgehead atoms. The van der Waals surface area contributed by atoms with Gasteiger partial charge in [0.2, 0.25) is 0 Å². The van der Waals surface area contributed by atoms with Gasteiger partial charge < -0.3 is 10.4 Å². The summed E-state index contributed by atoms with van der Waals surface area (Å²) in [5.74, 6) is -0.713. The molecular formula is C13H23N3O2. The summed E-state index contributed by atoms with van der Waals surface area (Å²) in [6, 6.07) is 1.91. The Morgan fingerprint density at radius 1 is 1.39 bits per heavy atom. The smallest absolute Gasteiger partial charge is 0.303 e. The third-order valence-corrected chi connectivity index (χ3v) is 3.07. The minimum atomic E-state index is -0.713. The van der Waals surface area contributed by atoms with Crippen LogP contribution in [-0.4, -0.2) is 33.9 Å². The second-order valence-corrected chi connectivity index (χ2v) is 5.33. The molecule has 0 unspecified atom stereocenters. The Morgan fingerprint density at radius 3 is 2.78 bits per heavy atom. The Morgan fingerprint density at radius 2 is 2.17 bits per heavy atom. The van der Waals surface area contributed by atoms with E-state index < -0.39 is 5.97 Å². The SMILES string of the molecule is CC(C)(CCNCCn1cccn1)CCC(=O)O. The van der Waals surface area contributed by atoms with E-state index in [-0.39, 0.29) is 11.8 Å². The normalized spacial score (nSPS) is 11.7. The van der Waals surface area contributed by atoms with Crippen LogP contribution in [0, 0.1) is 5.41 Å². The van der Waals surface area contributed by atoms with Gasteiger partial charge in [-0.2, -0.15) is 5.10 Å². The fraction of sp³-hybridized carbons (Fsp3) is 0.692. The zero-order chi connectivity index (χ0) is 13.4. The molecule has 0 spiro atoms. The summed E-state index contributed by atoms with van der Waals surface area (Å²) < 4.78 is 1.89. The number of nitrogens with one attached hydrogen (secondary N) is 1. The molecule has 0 aliphatic heterocycles. The molecule has 1 rings (SSSR count). The highest BCUT2D eigenvalue weighted by Crippen LogP contribution is 2.25. The third kappa shape index (κ3) is 6.39. The molecule has 1 heterocycles. The second kappa shape index (κ2) is 7.16. The van der Waals surface area contributed by atoms with E-state index in [1.165, 1.54) is 0 Å². The molecule has 102 valence electrons. The standard InChI is InChI=1S/C13H23N3O2/c1-13(2,5-4-12(17)18)6-8-14-9-11-16-10-3-7-15-16/h3,7,10,14H,4-6,8-9,11H2,1-2H3,(H,17,18). The molecule has 0 aliphatic rings. The number of carboxylic acids is 1. The number of aliphatic carboxylic acids is 1. The van der Waals surface area contributed by atoms with Crippen LogP contribution in [0.4, 0.5) is 0 Å². The van der Waals surface area contributed by atoms with Crippen molar-refractivity contribution in [3.05, 3.63) is 18.5 Å². The van der Waals surface area contributed by atoms with Crippen molar-refractivity contribution < 1.29 is 9.90 Å². The van der Waals surface area contributed by atoms with Crippen LogP contribution in [0.5, 0.6) is 0 Å². The summed E-state index contributed by atoms with van der Waals surface area (Å²) in [5, 5.41) is 16.1. The van der Waals surface area contributed by atoms with Crippen molar-refractivity contribution >= 4 is 5.97 Å². The van der Waals surface area contributed by atoms with E-state index in [0.717, 1.165) is 32.5 Å². The molecule has 0 fully saturated rings. The van der Waals surface area contributed by atoms with Crippen molar-refractivity contribution in [1.29, 1.82) is 0 Å². The molecule has 0 amide bonds. The largest absolute Gasteiger partial charge is 0.481 e. The average Bonchev–Trinajstić information content (AvgIpc) is 2.79. The van der Waals surface area contributed by atoms with Crippen LogP contribution in [0.1, 0.15) is 33.1 Å². The van der Waals surface area contributed by atoms with Crippen LogP contribution in [0.3, 0.4) is 0 Å². The lowest BCUT2D eigenvalue weighted by atomic mass is 9.84. The molecule has 0 atom stereocenters. The fourth-order valence-corrected chi connectivity index (χ4v) is 1.75. The van der Waals surface area contributed by atoms with Crippen LogP contribution in [0.2, 0.25) is 0 Å². The van der Waals surface area contributed by atoms with Crippen molar-refractivity contribution in [2.24, 2.45) is 5.41 Å². The van der Waals surface area contributed by atoms with Crippen LogP contribution >= 0.6 is 0 Å². The fourth-order valence-electron chi connectivity index (χ4n) is 1.75. The summed E-state index contributed by atoms with van der Waals surface area (Å²) in [6.45, 7) is 6.89. The highest BCUT2D eigenvalue weighted by molar-refractivity contribution is 5.66. The topological polar surface area (TPSA) is 67.2 Å². The van der Waals surface area contributed by atoms with E-state index in [4.69, 9.17) is 5.11 Å². The van der Waals surface area contributed by atoms with Gasteiger partial charge >= 0.3 is 5.97 Å². The maximum Gasteiger partial charge on any atom is 0.303 e. The second-order valence-electron chi connectivity index (χ2n) is 5.33. The minimum absolute atomic E-state index is 0.0804. The Bertz CT molecular complexity index is 347. The first-order chi connectivity index (χ1) is 8.49. The molecule has 18 heavy (non-hydrogen) atoms. The number of carbonyl (C=O) groups is 1. The maximum absolute atomic E-state index is 10.5. The Hall–Kier alpha value is -1.36. The van der Waals surface area contributed by atoms with Crippen LogP contribution in [0.25, 0.3) is 0 Å². The molecule has 5 heteroatoms. The van der Waals surface area contributed by atoms with Crippen molar-refractivity contribution in [2.45, 2.75) is 39.7 Å². The molecule has 0 radical (unpaired) electrons. The van der Waals surface area contributed by atoms with Crippen LogP contribution in [0.15, 0.2) is 18.5 Å². The number of hydrogen-bond acceptors (Lipinski definition) is 3. The number of carboxylic acid groups (broad SMARTS) is 1. The molecule has 5 nitrogen and oxygen atoms in total. The van der Waals surface area contributed by atoms with Gasteiger partial charge in [0.1, 0.15) is 0 Å². The van der Waals surface area contributed by atoms with Gasteiger partial charge in [0.15, 0.2) is 0 Å². The van der Waals surface area contributed by atoms with E-state index in [0.29, 0.717) is 0 Å². The lowest BCUT2D eigenvalue weighted by Gasteiger charge is -2.23. The maximum atomic E-state index is 10.5. The van der Waals surface area contributed by atoms with Gasteiger partial charge in [-0.15, -0.1) is 0 Å². The van der Waals surface area contributed by atoms with Crippen molar-refractivity contribution in [2.75, 3.05) is 13.1 Å². The Kier molecular flexibility index (Phi) is 5.85. The van der Waals surface area contributed by atoms with Gasteiger partial charge in [-0.05, 0) is 30.9 Å². The Labute approximate surface area is 108 Å². The first kappa shape index (κ1) is 14.7. The number of aromatic nitrogens is 2. The van der Waals surface area contributed by atoms with Gasteiger partial charge in [0.25, 0.3) is 0 Å². The molecule has 0 aromatic carbocycles. The first-order valence-electron chi connectivity index (χ1n) is 6.39.